The quantitative estimate of drug-likeness (QED) is 0.189. The van der Waals surface area contributed by atoms with Crippen molar-refractivity contribution in [2.75, 3.05) is 0 Å². The molecule has 2 N–H and O–H groups in total. The number of carboxylic acid groups (broad SMARTS) is 1. The maximum Gasteiger partial charge on any atom is 0.307 e. The third-order valence-corrected chi connectivity index (χ3v) is 9.01. The number of hydrogen-bond acceptors (Lipinski definition) is 6. The Bertz CT molecular complexity index is 2050. The van der Waals surface area contributed by atoms with Crippen LogP contribution in [0.3, 0.4) is 0 Å². The van der Waals surface area contributed by atoms with Gasteiger partial charge in [-0.05, 0) is 99.7 Å². The summed E-state index contributed by atoms with van der Waals surface area (Å²) in [6.07, 6.45) is 4.17. The number of aliphatic carboxylic acids is 1. The van der Waals surface area contributed by atoms with Crippen LogP contribution in [0.25, 0.3) is 54.1 Å². The summed E-state index contributed by atoms with van der Waals surface area (Å²) in [5, 5.41) is 25.7. The number of aromatic nitrogens is 4. The number of aliphatic hydroxyl groups is 1. The molecule has 9 heteroatoms. The molecular weight excluding hydrogens is 604 g/mol. The van der Waals surface area contributed by atoms with Gasteiger partial charge in [0, 0.05) is 46.3 Å². The van der Waals surface area contributed by atoms with Gasteiger partial charge in [-0.2, -0.15) is 5.10 Å². The molecule has 230 valence electrons. The Kier molecular flexibility index (Phi) is 8.24. The SMILES string of the molecule is CC(C)(C)O.Cc1cc2nc(-c3ccnc(-c4ccc5c(c4)c(C4CC4)nn5C)c3)sc2c(-c2ccc(Cl)cc2)c1CC(=O)O. The van der Waals surface area contributed by atoms with Gasteiger partial charge < -0.3 is 10.2 Å². The normalized spacial score (nSPS) is 13.2. The van der Waals surface area contributed by atoms with Gasteiger partial charge in [-0.3, -0.25) is 14.5 Å². The minimum absolute atomic E-state index is 0.0635. The number of rotatable bonds is 6. The van der Waals surface area contributed by atoms with E-state index in [-0.39, 0.29) is 6.42 Å². The monoisotopic (exact) mass is 638 g/mol. The molecule has 0 spiro atoms. The summed E-state index contributed by atoms with van der Waals surface area (Å²) in [4.78, 5) is 21.5. The first-order chi connectivity index (χ1) is 21.4. The zero-order valence-corrected chi connectivity index (χ0v) is 27.5. The molecule has 45 heavy (non-hydrogen) atoms. The molecule has 1 aliphatic carbocycles. The summed E-state index contributed by atoms with van der Waals surface area (Å²) in [6, 6.07) is 20.0. The van der Waals surface area contributed by atoms with Crippen molar-refractivity contribution in [2.24, 2.45) is 7.05 Å². The van der Waals surface area contributed by atoms with Gasteiger partial charge in [-0.1, -0.05) is 29.8 Å². The molecule has 7 rings (SSSR count). The largest absolute Gasteiger partial charge is 0.481 e. The number of pyridine rings is 1. The zero-order valence-electron chi connectivity index (χ0n) is 25.9. The molecule has 6 aromatic rings. The number of thiazole rings is 1. The van der Waals surface area contributed by atoms with Crippen LogP contribution in [0.5, 0.6) is 0 Å². The van der Waals surface area contributed by atoms with Gasteiger partial charge in [0.2, 0.25) is 0 Å². The third-order valence-electron chi connectivity index (χ3n) is 7.62. The highest BCUT2D eigenvalue weighted by Gasteiger charge is 2.29. The van der Waals surface area contributed by atoms with Crippen LogP contribution in [0.1, 0.15) is 56.4 Å². The molecule has 0 unspecified atom stereocenters. The lowest BCUT2D eigenvalue weighted by atomic mass is 9.93. The maximum absolute atomic E-state index is 11.8. The number of hydrogen-bond donors (Lipinski definition) is 2. The van der Waals surface area contributed by atoms with Crippen LogP contribution in [0.4, 0.5) is 0 Å². The van der Waals surface area contributed by atoms with Crippen LogP contribution in [-0.4, -0.2) is 41.5 Å². The zero-order chi connectivity index (χ0) is 32.0. The van der Waals surface area contributed by atoms with E-state index in [2.05, 4.69) is 24.3 Å². The lowest BCUT2D eigenvalue weighted by molar-refractivity contribution is -0.136. The van der Waals surface area contributed by atoms with Crippen molar-refractivity contribution < 1.29 is 15.0 Å². The molecule has 1 fully saturated rings. The van der Waals surface area contributed by atoms with Crippen LogP contribution in [-0.2, 0) is 18.3 Å². The Hall–Kier alpha value is -4.11. The van der Waals surface area contributed by atoms with E-state index in [1.54, 1.807) is 32.1 Å². The summed E-state index contributed by atoms with van der Waals surface area (Å²) in [5.74, 6) is -0.304. The smallest absolute Gasteiger partial charge is 0.307 e. The highest BCUT2D eigenvalue weighted by Crippen LogP contribution is 2.44. The predicted octanol–water partition coefficient (Wildman–Crippen LogP) is 8.82. The van der Waals surface area contributed by atoms with Crippen molar-refractivity contribution in [3.8, 4) is 33.0 Å². The lowest BCUT2D eigenvalue weighted by Crippen LogP contribution is -2.10. The molecule has 7 nitrogen and oxygen atoms in total. The standard InChI is InChI=1S/C32H25ClN4O2S.C4H10O/c1-17-13-26-31(29(23(17)16-28(38)39)18-5-8-22(33)9-6-18)40-32(35-26)21-11-12-34-25(15-21)20-7-10-27-24(14-20)30(19-3-4-19)36-37(27)2;1-4(2,3)5/h5-15,19H,3-4,16H2,1-2H3,(H,38,39);5H,1-3H3. The van der Waals surface area contributed by atoms with Crippen molar-refractivity contribution >= 4 is 50.0 Å². The number of fused-ring (bicyclic) bond motifs is 2. The Balaban J connectivity index is 0.000000664. The molecule has 0 atom stereocenters. The summed E-state index contributed by atoms with van der Waals surface area (Å²) >= 11 is 7.74. The second-order valence-electron chi connectivity index (χ2n) is 12.6. The van der Waals surface area contributed by atoms with Gasteiger partial charge in [-0.25, -0.2) is 4.98 Å². The van der Waals surface area contributed by atoms with E-state index in [1.165, 1.54) is 23.9 Å². The summed E-state index contributed by atoms with van der Waals surface area (Å²) in [6.45, 7) is 7.18. The Labute approximate surface area is 271 Å². The van der Waals surface area contributed by atoms with Crippen molar-refractivity contribution in [3.63, 3.8) is 0 Å². The summed E-state index contributed by atoms with van der Waals surface area (Å²) in [7, 11) is 2.00. The fourth-order valence-electron chi connectivity index (χ4n) is 5.49. The van der Waals surface area contributed by atoms with E-state index in [0.717, 1.165) is 59.8 Å². The van der Waals surface area contributed by atoms with Crippen LogP contribution >= 0.6 is 22.9 Å². The van der Waals surface area contributed by atoms with Crippen LogP contribution in [0.2, 0.25) is 5.02 Å². The van der Waals surface area contributed by atoms with Crippen LogP contribution in [0, 0.1) is 6.92 Å². The highest BCUT2D eigenvalue weighted by atomic mass is 35.5. The topological polar surface area (TPSA) is 101 Å². The van der Waals surface area contributed by atoms with Gasteiger partial charge in [0.1, 0.15) is 5.01 Å². The van der Waals surface area contributed by atoms with E-state index >= 15 is 0 Å². The Morgan fingerprint density at radius 1 is 1.02 bits per heavy atom. The molecule has 3 heterocycles. The minimum Gasteiger partial charge on any atom is -0.481 e. The second-order valence-corrected chi connectivity index (χ2v) is 14.0. The molecule has 3 aromatic heterocycles. The van der Waals surface area contributed by atoms with Crippen molar-refractivity contribution in [3.05, 3.63) is 88.7 Å². The number of benzene rings is 3. The molecule has 0 amide bonds. The average Bonchev–Trinajstić information content (AvgIpc) is 3.66. The number of halogens is 1. The summed E-state index contributed by atoms with van der Waals surface area (Å²) in [5.41, 5.74) is 9.10. The molecule has 0 radical (unpaired) electrons. The van der Waals surface area contributed by atoms with Crippen LogP contribution < -0.4 is 0 Å². The van der Waals surface area contributed by atoms with E-state index in [0.29, 0.717) is 10.9 Å². The molecule has 3 aromatic carbocycles. The number of carbonyl (C=O) groups is 1. The minimum atomic E-state index is -0.864. The molecule has 1 saturated carbocycles. The van der Waals surface area contributed by atoms with E-state index in [9.17, 15) is 9.90 Å². The molecule has 1 aliphatic rings. The molecule has 0 saturated heterocycles. The van der Waals surface area contributed by atoms with E-state index in [1.807, 2.05) is 61.2 Å². The van der Waals surface area contributed by atoms with Gasteiger partial charge in [-0.15, -0.1) is 11.3 Å². The number of nitrogens with zero attached hydrogens (tertiary/aromatic N) is 4. The maximum atomic E-state index is 11.8. The first kappa shape index (κ1) is 30.9. The van der Waals surface area contributed by atoms with E-state index < -0.39 is 11.6 Å². The van der Waals surface area contributed by atoms with Crippen molar-refractivity contribution in [1.82, 2.24) is 19.7 Å². The molecule has 0 bridgehead atoms. The number of aryl methyl sites for hydroxylation is 2. The Morgan fingerprint density at radius 3 is 2.38 bits per heavy atom. The molecular formula is C36H35ClN4O3S. The van der Waals surface area contributed by atoms with Gasteiger partial charge in [0.25, 0.3) is 0 Å². The molecule has 0 aliphatic heterocycles. The fourth-order valence-corrected chi connectivity index (χ4v) is 6.75. The van der Waals surface area contributed by atoms with Gasteiger partial charge in [0.05, 0.1) is 39.1 Å². The highest BCUT2D eigenvalue weighted by molar-refractivity contribution is 7.22. The average molecular weight is 639 g/mol. The van der Waals surface area contributed by atoms with Gasteiger partial charge in [0.15, 0.2) is 0 Å². The summed E-state index contributed by atoms with van der Waals surface area (Å²) < 4.78 is 2.93. The second kappa shape index (κ2) is 12.0. The van der Waals surface area contributed by atoms with Crippen LogP contribution in [0.15, 0.2) is 66.9 Å². The first-order valence-corrected chi connectivity index (χ1v) is 16.1. The van der Waals surface area contributed by atoms with E-state index in [4.69, 9.17) is 31.8 Å². The predicted molar refractivity (Wildman–Crippen MR) is 183 cm³/mol. The van der Waals surface area contributed by atoms with Gasteiger partial charge >= 0.3 is 5.97 Å². The van der Waals surface area contributed by atoms with Crippen molar-refractivity contribution in [2.45, 2.75) is 58.5 Å². The Morgan fingerprint density at radius 2 is 1.71 bits per heavy atom. The third kappa shape index (κ3) is 6.78. The van der Waals surface area contributed by atoms with Crippen molar-refractivity contribution in [1.29, 1.82) is 0 Å². The fraction of sp³-hybridized carbons (Fsp3) is 0.278. The first-order valence-electron chi connectivity index (χ1n) is 14.9. The lowest BCUT2D eigenvalue weighted by Gasteiger charge is -2.13. The number of carboxylic acids is 1.